The molecular weight excluding hydrogens is 248 g/mol. The topological polar surface area (TPSA) is 21.3 Å². The molecule has 0 aliphatic carbocycles. The van der Waals surface area contributed by atoms with Crippen molar-refractivity contribution in [2.24, 2.45) is 0 Å². The minimum Gasteiger partial charge on any atom is -0.379 e. The third-order valence-electron chi connectivity index (χ3n) is 3.16. The summed E-state index contributed by atoms with van der Waals surface area (Å²) in [6, 6.07) is 3.93. The summed E-state index contributed by atoms with van der Waals surface area (Å²) in [7, 11) is 1.65. The Labute approximate surface area is 114 Å². The number of methoxy groups -OCH3 is 1. The van der Waals surface area contributed by atoms with Crippen molar-refractivity contribution in [2.75, 3.05) is 13.7 Å². The fourth-order valence-corrected chi connectivity index (χ4v) is 2.17. The van der Waals surface area contributed by atoms with Gasteiger partial charge in [-0.15, -0.1) is 0 Å². The fraction of sp³-hybridized carbons (Fsp3) is 0.600. The Kier molecular flexibility index (Phi) is 6.95. The quantitative estimate of drug-likeness (QED) is 0.776. The van der Waals surface area contributed by atoms with Gasteiger partial charge in [0, 0.05) is 7.11 Å². The summed E-state index contributed by atoms with van der Waals surface area (Å²) in [5, 5.41) is 3.35. The second-order valence-corrected chi connectivity index (χ2v) is 4.67. The van der Waals surface area contributed by atoms with Crippen LogP contribution in [-0.4, -0.2) is 19.8 Å². The maximum Gasteiger partial charge on any atom is 0.159 e. The highest BCUT2D eigenvalue weighted by Crippen LogP contribution is 2.24. The molecule has 0 saturated carbocycles. The monoisotopic (exact) mass is 271 g/mol. The zero-order valence-electron chi connectivity index (χ0n) is 11.9. The normalized spacial score (nSPS) is 14.4. The first-order valence-corrected chi connectivity index (χ1v) is 6.85. The minimum absolute atomic E-state index is 0.0404. The van der Waals surface area contributed by atoms with Crippen LogP contribution < -0.4 is 5.32 Å². The summed E-state index contributed by atoms with van der Waals surface area (Å²) in [5.74, 6) is -1.63. The molecule has 0 aliphatic rings. The molecule has 0 heterocycles. The van der Waals surface area contributed by atoms with Gasteiger partial charge in [-0.05, 0) is 37.1 Å². The van der Waals surface area contributed by atoms with Gasteiger partial charge in [0.1, 0.15) is 0 Å². The first kappa shape index (κ1) is 16.1. The van der Waals surface area contributed by atoms with Gasteiger partial charge in [0.15, 0.2) is 11.6 Å². The highest BCUT2D eigenvalue weighted by atomic mass is 19.2. The van der Waals surface area contributed by atoms with Crippen molar-refractivity contribution in [1.29, 1.82) is 0 Å². The van der Waals surface area contributed by atoms with E-state index in [-0.39, 0.29) is 12.1 Å². The Bertz CT molecular complexity index is 384. The standard InChI is InChI=1S/C15H23F2NO/c1-4-6-14(19-3)15(18-9-5-2)11-7-8-12(16)13(17)10-11/h7-8,10,14-15,18H,4-6,9H2,1-3H3. The van der Waals surface area contributed by atoms with Crippen LogP contribution in [0.15, 0.2) is 18.2 Å². The predicted octanol–water partition coefficient (Wildman–Crippen LogP) is 3.82. The Morgan fingerprint density at radius 2 is 1.89 bits per heavy atom. The van der Waals surface area contributed by atoms with Crippen LogP contribution in [0.3, 0.4) is 0 Å². The number of rotatable bonds is 8. The summed E-state index contributed by atoms with van der Waals surface area (Å²) in [6.07, 6.45) is 2.79. The molecule has 0 radical (unpaired) electrons. The van der Waals surface area contributed by atoms with Crippen LogP contribution in [0.4, 0.5) is 8.78 Å². The van der Waals surface area contributed by atoms with Gasteiger partial charge in [0.25, 0.3) is 0 Å². The van der Waals surface area contributed by atoms with Crippen molar-refractivity contribution in [1.82, 2.24) is 5.32 Å². The Morgan fingerprint density at radius 3 is 2.42 bits per heavy atom. The van der Waals surface area contributed by atoms with Crippen LogP contribution in [0.2, 0.25) is 0 Å². The van der Waals surface area contributed by atoms with E-state index in [0.29, 0.717) is 0 Å². The number of ether oxygens (including phenoxy) is 1. The number of halogens is 2. The van der Waals surface area contributed by atoms with Crippen molar-refractivity contribution >= 4 is 0 Å². The van der Waals surface area contributed by atoms with Crippen LogP contribution >= 0.6 is 0 Å². The molecule has 0 bridgehead atoms. The van der Waals surface area contributed by atoms with Gasteiger partial charge in [0.05, 0.1) is 12.1 Å². The zero-order chi connectivity index (χ0) is 14.3. The van der Waals surface area contributed by atoms with E-state index in [1.54, 1.807) is 13.2 Å². The molecule has 2 nitrogen and oxygen atoms in total. The number of nitrogens with one attached hydrogen (secondary N) is 1. The lowest BCUT2D eigenvalue weighted by Gasteiger charge is -2.27. The van der Waals surface area contributed by atoms with E-state index in [0.717, 1.165) is 31.4 Å². The van der Waals surface area contributed by atoms with Gasteiger partial charge in [-0.1, -0.05) is 26.3 Å². The number of hydrogen-bond acceptors (Lipinski definition) is 2. The molecule has 0 fully saturated rings. The van der Waals surface area contributed by atoms with Gasteiger partial charge >= 0.3 is 0 Å². The summed E-state index contributed by atoms with van der Waals surface area (Å²) in [4.78, 5) is 0. The fourth-order valence-electron chi connectivity index (χ4n) is 2.17. The summed E-state index contributed by atoms with van der Waals surface area (Å²) in [6.45, 7) is 4.96. The average molecular weight is 271 g/mol. The minimum atomic E-state index is -0.817. The molecule has 2 atom stereocenters. The van der Waals surface area contributed by atoms with Crippen molar-refractivity contribution in [3.63, 3.8) is 0 Å². The smallest absolute Gasteiger partial charge is 0.159 e. The third kappa shape index (κ3) is 4.55. The van der Waals surface area contributed by atoms with E-state index in [9.17, 15) is 8.78 Å². The SMILES string of the molecule is CCCNC(c1ccc(F)c(F)c1)C(CCC)OC. The molecular formula is C15H23F2NO. The lowest BCUT2D eigenvalue weighted by atomic mass is 9.97. The molecule has 108 valence electrons. The van der Waals surface area contributed by atoms with Gasteiger partial charge in [-0.2, -0.15) is 0 Å². The van der Waals surface area contributed by atoms with Crippen LogP contribution in [0.1, 0.15) is 44.7 Å². The summed E-state index contributed by atoms with van der Waals surface area (Å²) in [5.41, 5.74) is 0.729. The van der Waals surface area contributed by atoms with Crippen LogP contribution in [-0.2, 0) is 4.74 Å². The molecule has 0 amide bonds. The van der Waals surface area contributed by atoms with E-state index < -0.39 is 11.6 Å². The zero-order valence-corrected chi connectivity index (χ0v) is 11.9. The number of hydrogen-bond donors (Lipinski definition) is 1. The molecule has 0 aromatic heterocycles. The van der Waals surface area contributed by atoms with Gasteiger partial charge < -0.3 is 10.1 Å². The third-order valence-corrected chi connectivity index (χ3v) is 3.16. The molecule has 1 aromatic rings. The Morgan fingerprint density at radius 1 is 1.16 bits per heavy atom. The van der Waals surface area contributed by atoms with Crippen molar-refractivity contribution in [3.05, 3.63) is 35.4 Å². The average Bonchev–Trinajstić information content (AvgIpc) is 2.41. The summed E-state index contributed by atoms with van der Waals surface area (Å²) < 4.78 is 31.9. The molecule has 19 heavy (non-hydrogen) atoms. The molecule has 0 saturated heterocycles. The van der Waals surface area contributed by atoms with E-state index in [1.165, 1.54) is 12.1 Å². The maximum absolute atomic E-state index is 13.4. The molecule has 0 aliphatic heterocycles. The van der Waals surface area contributed by atoms with Gasteiger partial charge in [-0.25, -0.2) is 8.78 Å². The van der Waals surface area contributed by atoms with E-state index in [4.69, 9.17) is 4.74 Å². The maximum atomic E-state index is 13.4. The molecule has 2 unspecified atom stereocenters. The first-order chi connectivity index (χ1) is 9.13. The van der Waals surface area contributed by atoms with Gasteiger partial charge in [-0.3, -0.25) is 0 Å². The lowest BCUT2D eigenvalue weighted by Crippen LogP contribution is -2.34. The first-order valence-electron chi connectivity index (χ1n) is 6.85. The van der Waals surface area contributed by atoms with Crippen molar-refractivity contribution in [3.8, 4) is 0 Å². The second-order valence-electron chi connectivity index (χ2n) is 4.67. The Hall–Kier alpha value is -1.00. The van der Waals surface area contributed by atoms with E-state index >= 15 is 0 Å². The molecule has 1 aromatic carbocycles. The second kappa shape index (κ2) is 8.23. The van der Waals surface area contributed by atoms with Crippen molar-refractivity contribution < 1.29 is 13.5 Å². The lowest BCUT2D eigenvalue weighted by molar-refractivity contribution is 0.0605. The van der Waals surface area contributed by atoms with Crippen LogP contribution in [0, 0.1) is 11.6 Å². The molecule has 0 spiro atoms. The van der Waals surface area contributed by atoms with Gasteiger partial charge in [0.2, 0.25) is 0 Å². The molecule has 4 heteroatoms. The molecule has 1 N–H and O–H groups in total. The predicted molar refractivity (Wildman–Crippen MR) is 73.1 cm³/mol. The number of benzene rings is 1. The largest absolute Gasteiger partial charge is 0.379 e. The Balaban J connectivity index is 2.96. The highest BCUT2D eigenvalue weighted by molar-refractivity contribution is 5.22. The summed E-state index contributed by atoms with van der Waals surface area (Å²) >= 11 is 0. The van der Waals surface area contributed by atoms with Crippen LogP contribution in [0.25, 0.3) is 0 Å². The highest BCUT2D eigenvalue weighted by Gasteiger charge is 2.22. The van der Waals surface area contributed by atoms with E-state index in [1.807, 2.05) is 0 Å². The van der Waals surface area contributed by atoms with E-state index in [2.05, 4.69) is 19.2 Å². The van der Waals surface area contributed by atoms with Crippen LogP contribution in [0.5, 0.6) is 0 Å². The molecule has 1 rings (SSSR count). The van der Waals surface area contributed by atoms with Crippen molar-refractivity contribution in [2.45, 2.75) is 45.3 Å².